The van der Waals surface area contributed by atoms with Gasteiger partial charge < -0.3 is 4.74 Å². The number of fused-ring (bicyclic) bond motifs is 1. The summed E-state index contributed by atoms with van der Waals surface area (Å²) in [5, 5.41) is 0. The molecule has 17 heavy (non-hydrogen) atoms. The van der Waals surface area contributed by atoms with Crippen molar-refractivity contribution in [2.75, 3.05) is 13.7 Å². The first-order chi connectivity index (χ1) is 8.04. The topological polar surface area (TPSA) is 9.23 Å². The Hall–Kier alpha value is -0.300. The van der Waals surface area contributed by atoms with Crippen molar-refractivity contribution < 1.29 is 4.74 Å². The SMILES string of the molecule is C=C1[C@H]2CC[C@@]3(C2)[C@H](C)CC[C@H]3C1(C)COC. The van der Waals surface area contributed by atoms with Gasteiger partial charge in [-0.1, -0.05) is 26.0 Å². The second kappa shape index (κ2) is 3.60. The molecular formula is C16H26O. The van der Waals surface area contributed by atoms with Gasteiger partial charge in [-0.3, -0.25) is 0 Å². The second-order valence-electron chi connectivity index (χ2n) is 7.08. The molecule has 96 valence electrons. The fraction of sp³-hybridized carbons (Fsp3) is 0.875. The molecule has 1 nitrogen and oxygen atoms in total. The maximum atomic E-state index is 5.56. The molecule has 0 aliphatic heterocycles. The minimum absolute atomic E-state index is 0.249. The molecule has 3 fully saturated rings. The summed E-state index contributed by atoms with van der Waals surface area (Å²) < 4.78 is 5.56. The molecule has 1 heteroatoms. The van der Waals surface area contributed by atoms with Gasteiger partial charge in [-0.2, -0.15) is 0 Å². The van der Waals surface area contributed by atoms with Gasteiger partial charge >= 0.3 is 0 Å². The Morgan fingerprint density at radius 1 is 1.35 bits per heavy atom. The smallest absolute Gasteiger partial charge is 0.0556 e. The van der Waals surface area contributed by atoms with E-state index in [0.29, 0.717) is 5.41 Å². The molecule has 0 radical (unpaired) electrons. The van der Waals surface area contributed by atoms with Crippen LogP contribution in [-0.4, -0.2) is 13.7 Å². The van der Waals surface area contributed by atoms with Gasteiger partial charge in [0.05, 0.1) is 6.61 Å². The molecule has 0 saturated heterocycles. The Morgan fingerprint density at radius 3 is 2.82 bits per heavy atom. The summed E-state index contributed by atoms with van der Waals surface area (Å²) in [7, 11) is 1.85. The van der Waals surface area contributed by atoms with Gasteiger partial charge in [0.1, 0.15) is 0 Å². The number of ether oxygens (including phenoxy) is 1. The lowest BCUT2D eigenvalue weighted by molar-refractivity contribution is -0.0165. The molecule has 1 spiro atoms. The molecule has 3 saturated carbocycles. The molecular weight excluding hydrogens is 208 g/mol. The highest BCUT2D eigenvalue weighted by Gasteiger charge is 2.62. The maximum Gasteiger partial charge on any atom is 0.0556 e. The lowest BCUT2D eigenvalue weighted by atomic mass is 9.54. The summed E-state index contributed by atoms with van der Waals surface area (Å²) in [5.41, 5.74) is 2.39. The quantitative estimate of drug-likeness (QED) is 0.655. The van der Waals surface area contributed by atoms with Gasteiger partial charge in [0.15, 0.2) is 0 Å². The van der Waals surface area contributed by atoms with Crippen LogP contribution in [-0.2, 0) is 4.74 Å². The highest BCUT2D eigenvalue weighted by Crippen LogP contribution is 2.70. The first kappa shape index (κ1) is 11.8. The van der Waals surface area contributed by atoms with Crippen LogP contribution in [0.2, 0.25) is 0 Å². The van der Waals surface area contributed by atoms with Crippen molar-refractivity contribution in [2.45, 2.75) is 46.0 Å². The van der Waals surface area contributed by atoms with Gasteiger partial charge in [-0.05, 0) is 55.3 Å². The van der Waals surface area contributed by atoms with Gasteiger partial charge in [-0.25, -0.2) is 0 Å². The van der Waals surface area contributed by atoms with Crippen LogP contribution >= 0.6 is 0 Å². The van der Waals surface area contributed by atoms with Crippen LogP contribution in [0.4, 0.5) is 0 Å². The molecule has 3 rings (SSSR count). The Balaban J connectivity index is 2.04. The predicted octanol–water partition coefficient (Wildman–Crippen LogP) is 4.04. The molecule has 0 N–H and O–H groups in total. The van der Waals surface area contributed by atoms with Crippen LogP contribution in [0.5, 0.6) is 0 Å². The average Bonchev–Trinajstić information content (AvgIpc) is 2.84. The summed E-state index contributed by atoms with van der Waals surface area (Å²) in [6, 6.07) is 0. The van der Waals surface area contributed by atoms with E-state index in [9.17, 15) is 0 Å². The van der Waals surface area contributed by atoms with E-state index in [1.54, 1.807) is 0 Å². The minimum atomic E-state index is 0.249. The molecule has 0 aromatic rings. The number of methoxy groups -OCH3 is 1. The lowest BCUT2D eigenvalue weighted by Crippen LogP contribution is -2.46. The molecule has 0 amide bonds. The van der Waals surface area contributed by atoms with Crippen LogP contribution in [0.3, 0.4) is 0 Å². The van der Waals surface area contributed by atoms with Gasteiger partial charge in [0.25, 0.3) is 0 Å². The summed E-state index contributed by atoms with van der Waals surface area (Å²) in [4.78, 5) is 0. The van der Waals surface area contributed by atoms with Crippen LogP contribution in [0.15, 0.2) is 12.2 Å². The van der Waals surface area contributed by atoms with Crippen molar-refractivity contribution >= 4 is 0 Å². The third-order valence-electron chi connectivity index (χ3n) is 6.59. The van der Waals surface area contributed by atoms with E-state index in [1.165, 1.54) is 37.7 Å². The van der Waals surface area contributed by atoms with E-state index in [4.69, 9.17) is 4.74 Å². The van der Waals surface area contributed by atoms with E-state index < -0.39 is 0 Å². The number of hydrogen-bond donors (Lipinski definition) is 0. The Bertz CT molecular complexity index is 347. The molecule has 3 aliphatic rings. The summed E-state index contributed by atoms with van der Waals surface area (Å²) in [5.74, 6) is 2.53. The Kier molecular flexibility index (Phi) is 2.49. The fourth-order valence-electron chi connectivity index (χ4n) is 5.64. The summed E-state index contributed by atoms with van der Waals surface area (Å²) in [6.45, 7) is 10.3. The van der Waals surface area contributed by atoms with Crippen molar-refractivity contribution in [2.24, 2.45) is 28.6 Å². The van der Waals surface area contributed by atoms with Crippen LogP contribution in [0.1, 0.15) is 46.0 Å². The van der Waals surface area contributed by atoms with Crippen molar-refractivity contribution in [1.29, 1.82) is 0 Å². The molecule has 5 atom stereocenters. The highest BCUT2D eigenvalue weighted by atomic mass is 16.5. The zero-order valence-corrected chi connectivity index (χ0v) is 11.6. The van der Waals surface area contributed by atoms with Crippen molar-refractivity contribution in [1.82, 2.24) is 0 Å². The molecule has 0 heterocycles. The third kappa shape index (κ3) is 1.30. The number of hydrogen-bond acceptors (Lipinski definition) is 1. The zero-order valence-electron chi connectivity index (χ0n) is 11.6. The van der Waals surface area contributed by atoms with E-state index >= 15 is 0 Å². The number of rotatable bonds is 2. The highest BCUT2D eigenvalue weighted by molar-refractivity contribution is 5.27. The molecule has 0 aromatic heterocycles. The van der Waals surface area contributed by atoms with Gasteiger partial charge in [0, 0.05) is 12.5 Å². The molecule has 2 bridgehead atoms. The minimum Gasteiger partial charge on any atom is -0.384 e. The van der Waals surface area contributed by atoms with Crippen molar-refractivity contribution in [3.05, 3.63) is 12.2 Å². The van der Waals surface area contributed by atoms with Gasteiger partial charge in [-0.15, -0.1) is 0 Å². The van der Waals surface area contributed by atoms with Gasteiger partial charge in [0.2, 0.25) is 0 Å². The van der Waals surface area contributed by atoms with E-state index in [0.717, 1.165) is 24.4 Å². The standard InChI is InChI=1S/C16H26O/c1-11-5-6-14-15(3,10-17-4)12(2)13-7-8-16(11,14)9-13/h11,13-14H,2,5-10H2,1,3-4H3/t11-,13+,14+,15?,16-/m1/s1. The fourth-order valence-corrected chi connectivity index (χ4v) is 5.64. The summed E-state index contributed by atoms with van der Waals surface area (Å²) in [6.07, 6.45) is 7.08. The van der Waals surface area contributed by atoms with Crippen LogP contribution < -0.4 is 0 Å². The normalized spacial score (nSPS) is 52.9. The molecule has 0 aromatic carbocycles. The Morgan fingerprint density at radius 2 is 2.12 bits per heavy atom. The first-order valence-electron chi connectivity index (χ1n) is 7.23. The van der Waals surface area contributed by atoms with Crippen molar-refractivity contribution in [3.8, 4) is 0 Å². The predicted molar refractivity (Wildman–Crippen MR) is 70.8 cm³/mol. The second-order valence-corrected chi connectivity index (χ2v) is 7.08. The monoisotopic (exact) mass is 234 g/mol. The average molecular weight is 234 g/mol. The largest absolute Gasteiger partial charge is 0.384 e. The molecule has 3 aliphatic carbocycles. The third-order valence-corrected chi connectivity index (χ3v) is 6.59. The first-order valence-corrected chi connectivity index (χ1v) is 7.23. The van der Waals surface area contributed by atoms with E-state index in [2.05, 4.69) is 20.4 Å². The van der Waals surface area contributed by atoms with Crippen molar-refractivity contribution in [3.63, 3.8) is 0 Å². The van der Waals surface area contributed by atoms with E-state index in [1.807, 2.05) is 7.11 Å². The lowest BCUT2D eigenvalue weighted by Gasteiger charge is -2.51. The molecule has 1 unspecified atom stereocenters. The van der Waals surface area contributed by atoms with E-state index in [-0.39, 0.29) is 5.41 Å². The summed E-state index contributed by atoms with van der Waals surface area (Å²) >= 11 is 0. The van der Waals surface area contributed by atoms with Crippen LogP contribution in [0, 0.1) is 28.6 Å². The van der Waals surface area contributed by atoms with Crippen LogP contribution in [0.25, 0.3) is 0 Å². The maximum absolute atomic E-state index is 5.56. The Labute approximate surface area is 106 Å². The zero-order chi connectivity index (χ0) is 12.3.